The van der Waals surface area contributed by atoms with Gasteiger partial charge in [-0.25, -0.2) is 4.98 Å². The van der Waals surface area contributed by atoms with Gasteiger partial charge in [0.2, 0.25) is 0 Å². The number of anilines is 1. The Morgan fingerprint density at radius 3 is 2.67 bits per heavy atom. The van der Waals surface area contributed by atoms with Crippen LogP contribution in [0.25, 0.3) is 10.2 Å². The zero-order valence-electron chi connectivity index (χ0n) is 13.4. The van der Waals surface area contributed by atoms with E-state index in [-0.39, 0.29) is 5.91 Å². The molecule has 0 radical (unpaired) electrons. The van der Waals surface area contributed by atoms with Crippen LogP contribution in [0.2, 0.25) is 0 Å². The molecule has 0 spiro atoms. The van der Waals surface area contributed by atoms with E-state index in [2.05, 4.69) is 18.8 Å². The van der Waals surface area contributed by atoms with E-state index in [4.69, 9.17) is 5.73 Å². The minimum atomic E-state index is 0.0174. The number of thiophene rings is 1. The maximum Gasteiger partial charge on any atom is 0.266 e. The summed E-state index contributed by atoms with van der Waals surface area (Å²) in [6.45, 7) is 11.6. The Morgan fingerprint density at radius 2 is 2.10 bits per heavy atom. The number of aromatic nitrogens is 1. The van der Waals surface area contributed by atoms with Gasteiger partial charge in [0.15, 0.2) is 0 Å². The molecular formula is C16H23N3OS. The summed E-state index contributed by atoms with van der Waals surface area (Å²) >= 11 is 1.40. The third-order valence-corrected chi connectivity index (χ3v) is 4.56. The number of hydrogen-bond acceptors (Lipinski definition) is 4. The molecule has 0 saturated heterocycles. The van der Waals surface area contributed by atoms with Crippen LogP contribution in [0.5, 0.6) is 0 Å². The highest BCUT2D eigenvalue weighted by atomic mass is 32.1. The lowest BCUT2D eigenvalue weighted by molar-refractivity contribution is 0.0751. The number of nitrogens with zero attached hydrogens (tertiary/aromatic N) is 2. The maximum atomic E-state index is 12.7. The summed E-state index contributed by atoms with van der Waals surface area (Å²) in [6, 6.07) is 2.01. The van der Waals surface area contributed by atoms with Crippen LogP contribution in [0, 0.1) is 19.8 Å². The number of pyridine rings is 1. The average molecular weight is 305 g/mol. The number of fused-ring (bicyclic) bond motifs is 1. The first kappa shape index (κ1) is 15.8. The molecule has 0 aromatic carbocycles. The van der Waals surface area contributed by atoms with Crippen LogP contribution in [0.3, 0.4) is 0 Å². The minimum absolute atomic E-state index is 0.0174. The third-order valence-electron chi connectivity index (χ3n) is 3.47. The fraction of sp³-hybridized carbons (Fsp3) is 0.500. The predicted molar refractivity (Wildman–Crippen MR) is 89.9 cm³/mol. The molecule has 0 aliphatic heterocycles. The average Bonchev–Trinajstić information content (AvgIpc) is 2.72. The number of amides is 1. The topological polar surface area (TPSA) is 59.2 Å². The van der Waals surface area contributed by atoms with Crippen molar-refractivity contribution in [2.45, 2.75) is 34.6 Å². The SMILES string of the molecule is CCN(CC(C)C)C(=O)c1sc2nc(C)cc(C)c2c1N. The molecule has 0 bridgehead atoms. The molecule has 0 unspecified atom stereocenters. The summed E-state index contributed by atoms with van der Waals surface area (Å²) in [6.07, 6.45) is 0. The van der Waals surface area contributed by atoms with E-state index >= 15 is 0 Å². The summed E-state index contributed by atoms with van der Waals surface area (Å²) in [4.78, 5) is 20.6. The van der Waals surface area contributed by atoms with Gasteiger partial charge < -0.3 is 10.6 Å². The van der Waals surface area contributed by atoms with Crippen molar-refractivity contribution in [3.8, 4) is 0 Å². The highest BCUT2D eigenvalue weighted by Gasteiger charge is 2.23. The lowest BCUT2D eigenvalue weighted by Crippen LogP contribution is -2.33. The summed E-state index contributed by atoms with van der Waals surface area (Å²) < 4.78 is 0. The van der Waals surface area contributed by atoms with Crippen molar-refractivity contribution in [2.24, 2.45) is 5.92 Å². The summed E-state index contributed by atoms with van der Waals surface area (Å²) in [5, 5.41) is 0.926. The van der Waals surface area contributed by atoms with Gasteiger partial charge in [-0.3, -0.25) is 4.79 Å². The van der Waals surface area contributed by atoms with E-state index in [1.165, 1.54) is 11.3 Å². The third kappa shape index (κ3) is 3.02. The van der Waals surface area contributed by atoms with Gasteiger partial charge in [0.25, 0.3) is 5.91 Å². The van der Waals surface area contributed by atoms with Crippen LogP contribution < -0.4 is 5.73 Å². The largest absolute Gasteiger partial charge is 0.397 e. The molecule has 0 atom stereocenters. The van der Waals surface area contributed by atoms with Gasteiger partial charge in [-0.2, -0.15) is 0 Å². The van der Waals surface area contributed by atoms with E-state index in [9.17, 15) is 4.79 Å². The predicted octanol–water partition coefficient (Wildman–Crippen LogP) is 3.61. The summed E-state index contributed by atoms with van der Waals surface area (Å²) in [5.41, 5.74) is 8.85. The van der Waals surface area contributed by atoms with E-state index in [1.54, 1.807) is 0 Å². The number of nitrogen functional groups attached to an aromatic ring is 1. The molecule has 2 rings (SSSR count). The smallest absolute Gasteiger partial charge is 0.266 e. The van der Waals surface area contributed by atoms with Crippen LogP contribution in [-0.4, -0.2) is 28.9 Å². The van der Waals surface area contributed by atoms with Crippen molar-refractivity contribution in [1.82, 2.24) is 9.88 Å². The number of aryl methyl sites for hydroxylation is 2. The highest BCUT2D eigenvalue weighted by Crippen LogP contribution is 2.35. The number of carbonyl (C=O) groups excluding carboxylic acids is 1. The molecular weight excluding hydrogens is 282 g/mol. The zero-order chi connectivity index (χ0) is 15.7. The van der Waals surface area contributed by atoms with Gasteiger partial charge >= 0.3 is 0 Å². The Morgan fingerprint density at radius 1 is 1.43 bits per heavy atom. The quantitative estimate of drug-likeness (QED) is 0.938. The fourth-order valence-electron chi connectivity index (χ4n) is 2.57. The molecule has 2 heterocycles. The van der Waals surface area contributed by atoms with Gasteiger partial charge in [0.1, 0.15) is 9.71 Å². The number of rotatable bonds is 4. The fourth-order valence-corrected chi connectivity index (χ4v) is 3.75. The first-order chi connectivity index (χ1) is 9.85. The van der Waals surface area contributed by atoms with Crippen molar-refractivity contribution >= 4 is 33.1 Å². The number of carbonyl (C=O) groups is 1. The molecule has 2 aromatic heterocycles. The zero-order valence-corrected chi connectivity index (χ0v) is 14.2. The first-order valence-corrected chi connectivity index (χ1v) is 8.12. The molecule has 0 aliphatic carbocycles. The van der Waals surface area contributed by atoms with Crippen LogP contribution in [0.15, 0.2) is 6.07 Å². The molecule has 114 valence electrons. The van der Waals surface area contributed by atoms with Gasteiger partial charge in [-0.15, -0.1) is 11.3 Å². The maximum absolute atomic E-state index is 12.7. The van der Waals surface area contributed by atoms with E-state index in [0.29, 0.717) is 23.0 Å². The summed E-state index contributed by atoms with van der Waals surface area (Å²) in [5.74, 6) is 0.454. The highest BCUT2D eigenvalue weighted by molar-refractivity contribution is 7.21. The Balaban J connectivity index is 2.49. The minimum Gasteiger partial charge on any atom is -0.397 e. The first-order valence-electron chi connectivity index (χ1n) is 7.30. The molecule has 21 heavy (non-hydrogen) atoms. The molecule has 5 heteroatoms. The molecule has 2 aromatic rings. The standard InChI is InChI=1S/C16H23N3OS/c1-6-19(8-9(2)3)16(20)14-13(17)12-10(4)7-11(5)18-15(12)21-14/h7,9H,6,8,17H2,1-5H3. The number of hydrogen-bond donors (Lipinski definition) is 1. The normalized spacial score (nSPS) is 11.3. The second-order valence-corrected chi connectivity index (χ2v) is 6.84. The molecule has 2 N–H and O–H groups in total. The van der Waals surface area contributed by atoms with E-state index < -0.39 is 0 Å². The van der Waals surface area contributed by atoms with Crippen LogP contribution >= 0.6 is 11.3 Å². The molecule has 0 aliphatic rings. The monoisotopic (exact) mass is 305 g/mol. The van der Waals surface area contributed by atoms with Crippen LogP contribution in [0.4, 0.5) is 5.69 Å². The molecule has 0 saturated carbocycles. The molecule has 4 nitrogen and oxygen atoms in total. The van der Waals surface area contributed by atoms with E-state index in [1.807, 2.05) is 31.7 Å². The van der Waals surface area contributed by atoms with Crippen molar-refractivity contribution < 1.29 is 4.79 Å². The van der Waals surface area contributed by atoms with Crippen LogP contribution in [0.1, 0.15) is 41.7 Å². The lowest BCUT2D eigenvalue weighted by Gasteiger charge is -2.22. The van der Waals surface area contributed by atoms with E-state index in [0.717, 1.165) is 28.0 Å². The Hall–Kier alpha value is -1.62. The second kappa shape index (κ2) is 6.02. The molecule has 0 fully saturated rings. The Bertz CT molecular complexity index is 676. The Kier molecular flexibility index (Phi) is 4.52. The van der Waals surface area contributed by atoms with Crippen molar-refractivity contribution in [3.05, 3.63) is 22.2 Å². The molecule has 1 amide bonds. The second-order valence-electron chi connectivity index (χ2n) is 5.84. The van der Waals surface area contributed by atoms with Gasteiger partial charge in [0.05, 0.1) is 5.69 Å². The lowest BCUT2D eigenvalue weighted by atomic mass is 10.1. The van der Waals surface area contributed by atoms with Crippen molar-refractivity contribution in [3.63, 3.8) is 0 Å². The number of nitrogens with two attached hydrogens (primary N) is 1. The summed E-state index contributed by atoms with van der Waals surface area (Å²) in [7, 11) is 0. The van der Waals surface area contributed by atoms with Crippen LogP contribution in [-0.2, 0) is 0 Å². The van der Waals surface area contributed by atoms with Gasteiger partial charge in [0, 0.05) is 24.2 Å². The van der Waals surface area contributed by atoms with Crippen molar-refractivity contribution in [1.29, 1.82) is 0 Å². The van der Waals surface area contributed by atoms with Gasteiger partial charge in [-0.05, 0) is 38.3 Å². The Labute approximate surface area is 130 Å². The van der Waals surface area contributed by atoms with Gasteiger partial charge in [-0.1, -0.05) is 13.8 Å². The van der Waals surface area contributed by atoms with Crippen molar-refractivity contribution in [2.75, 3.05) is 18.8 Å².